The third-order valence-corrected chi connectivity index (χ3v) is 4.70. The lowest BCUT2D eigenvalue weighted by atomic mass is 9.74. The number of carboxylic acid groups (broad SMARTS) is 1. The van der Waals surface area contributed by atoms with Crippen molar-refractivity contribution in [1.82, 2.24) is 5.32 Å². The number of halogens is 3. The number of dihydropyridines is 1. The second kappa shape index (κ2) is 6.66. The third kappa shape index (κ3) is 3.19. The summed E-state index contributed by atoms with van der Waals surface area (Å²) in [6.07, 6.45) is -4.19. The topological polar surface area (TPSA) is 136 Å². The Morgan fingerprint density at radius 2 is 2.00 bits per heavy atom. The van der Waals surface area contributed by atoms with E-state index in [2.05, 4.69) is 5.32 Å². The molecule has 1 aromatic carbocycles. The smallest absolute Gasteiger partial charge is 0.416 e. The molecule has 8 nitrogen and oxygen atoms in total. The average molecular weight is 397 g/mol. The van der Waals surface area contributed by atoms with Gasteiger partial charge < -0.3 is 16.2 Å². The predicted octanol–water partition coefficient (Wildman–Crippen LogP) is 2.56. The van der Waals surface area contributed by atoms with E-state index in [4.69, 9.17) is 5.73 Å². The van der Waals surface area contributed by atoms with Crippen molar-refractivity contribution in [2.45, 2.75) is 31.4 Å². The van der Waals surface area contributed by atoms with Gasteiger partial charge in [0.05, 0.1) is 22.0 Å². The number of benzene rings is 1. The fourth-order valence-corrected chi connectivity index (χ4v) is 3.56. The lowest BCUT2D eigenvalue weighted by Gasteiger charge is -2.34. The predicted molar refractivity (Wildman–Crippen MR) is 88.7 cm³/mol. The van der Waals surface area contributed by atoms with E-state index in [0.29, 0.717) is 18.9 Å². The number of hydrogen-bond donors (Lipinski definition) is 3. The molecule has 0 bridgehead atoms. The molecule has 0 saturated heterocycles. The highest BCUT2D eigenvalue weighted by Crippen LogP contribution is 2.46. The Hall–Kier alpha value is -3.37. The number of Topliss-reactive ketones (excluding diaryl/α,β-unsaturated/α-hetero) is 1. The molecule has 3 rings (SSSR count). The molecule has 1 atom stereocenters. The number of carbonyl (C=O) groups is 2. The fourth-order valence-electron chi connectivity index (χ4n) is 3.56. The number of nitrogens with zero attached hydrogens (tertiary/aromatic N) is 1. The van der Waals surface area contributed by atoms with Crippen LogP contribution in [-0.4, -0.2) is 21.8 Å². The summed E-state index contributed by atoms with van der Waals surface area (Å²) < 4.78 is 41.0. The summed E-state index contributed by atoms with van der Waals surface area (Å²) in [7, 11) is 0. The van der Waals surface area contributed by atoms with E-state index < -0.39 is 51.2 Å². The molecule has 148 valence electrons. The van der Waals surface area contributed by atoms with Gasteiger partial charge >= 0.3 is 12.1 Å². The van der Waals surface area contributed by atoms with Gasteiger partial charge in [0.15, 0.2) is 5.78 Å². The van der Waals surface area contributed by atoms with Crippen LogP contribution in [0.25, 0.3) is 0 Å². The Bertz CT molecular complexity index is 965. The number of aliphatic carboxylic acids is 1. The Morgan fingerprint density at radius 3 is 2.57 bits per heavy atom. The second-order valence-corrected chi connectivity index (χ2v) is 6.39. The molecular weight excluding hydrogens is 383 g/mol. The monoisotopic (exact) mass is 397 g/mol. The number of ketones is 1. The van der Waals surface area contributed by atoms with E-state index in [-0.39, 0.29) is 23.5 Å². The summed E-state index contributed by atoms with van der Waals surface area (Å²) in [6, 6.07) is 2.01. The van der Waals surface area contributed by atoms with Crippen molar-refractivity contribution in [3.63, 3.8) is 0 Å². The molecule has 4 N–H and O–H groups in total. The molecule has 28 heavy (non-hydrogen) atoms. The van der Waals surface area contributed by atoms with Crippen LogP contribution in [0.2, 0.25) is 0 Å². The van der Waals surface area contributed by atoms with Crippen LogP contribution in [-0.2, 0) is 15.8 Å². The van der Waals surface area contributed by atoms with E-state index in [1.807, 2.05) is 0 Å². The summed E-state index contributed by atoms with van der Waals surface area (Å²) in [5.74, 6) is -4.03. The van der Waals surface area contributed by atoms with Gasteiger partial charge in [0.25, 0.3) is 5.69 Å². The second-order valence-electron chi connectivity index (χ2n) is 6.39. The number of non-ortho nitro benzene ring substituents is 1. The fraction of sp³-hybridized carbons (Fsp3) is 0.294. The van der Waals surface area contributed by atoms with Gasteiger partial charge in [-0.15, -0.1) is 0 Å². The standard InChI is InChI=1S/C17H14F3N3O5/c18-17(19,20)9-6-7(23(27)28)4-5-8(9)12-13-10(2-1-3-11(13)24)22-15(21)14(12)16(25)26/h4-6,12,22H,1-3,21H2,(H,25,26). The first-order chi connectivity index (χ1) is 13.0. The molecular formula is C17H14F3N3O5. The number of hydrogen-bond acceptors (Lipinski definition) is 6. The first-order valence-corrected chi connectivity index (χ1v) is 8.14. The van der Waals surface area contributed by atoms with Crippen molar-refractivity contribution < 1.29 is 32.8 Å². The van der Waals surface area contributed by atoms with Crippen LogP contribution in [0.5, 0.6) is 0 Å². The molecule has 0 aromatic heterocycles. The van der Waals surface area contributed by atoms with E-state index in [1.54, 1.807) is 0 Å². The van der Waals surface area contributed by atoms with Crippen molar-refractivity contribution in [2.75, 3.05) is 0 Å². The van der Waals surface area contributed by atoms with Crippen LogP contribution in [0.4, 0.5) is 18.9 Å². The SMILES string of the molecule is NC1=C(C(=O)O)C(c2ccc([N+](=O)[O-])cc2C(F)(F)F)C2=C(CCCC2=O)N1. The largest absolute Gasteiger partial charge is 0.478 e. The zero-order valence-electron chi connectivity index (χ0n) is 14.2. The molecule has 0 fully saturated rings. The third-order valence-electron chi connectivity index (χ3n) is 4.70. The molecule has 0 radical (unpaired) electrons. The highest BCUT2D eigenvalue weighted by molar-refractivity contribution is 6.03. The van der Waals surface area contributed by atoms with Gasteiger partial charge in [-0.05, 0) is 18.4 Å². The zero-order chi connectivity index (χ0) is 20.8. The number of allylic oxidation sites excluding steroid dienone is 2. The van der Waals surface area contributed by atoms with Crippen LogP contribution in [0.15, 0.2) is 40.9 Å². The Balaban J connectivity index is 2.33. The number of alkyl halides is 3. The molecule has 0 amide bonds. The lowest BCUT2D eigenvalue weighted by molar-refractivity contribution is -0.385. The minimum Gasteiger partial charge on any atom is -0.478 e. The van der Waals surface area contributed by atoms with Crippen molar-refractivity contribution in [2.24, 2.45) is 5.73 Å². The van der Waals surface area contributed by atoms with Gasteiger partial charge in [-0.1, -0.05) is 6.07 Å². The van der Waals surface area contributed by atoms with Crippen LogP contribution >= 0.6 is 0 Å². The van der Waals surface area contributed by atoms with E-state index in [9.17, 15) is 38.0 Å². The van der Waals surface area contributed by atoms with E-state index >= 15 is 0 Å². The summed E-state index contributed by atoms with van der Waals surface area (Å²) >= 11 is 0. The number of rotatable bonds is 3. The first-order valence-electron chi connectivity index (χ1n) is 8.14. The number of nitrogens with one attached hydrogen (secondary N) is 1. The molecule has 1 heterocycles. The van der Waals surface area contributed by atoms with E-state index in [1.165, 1.54) is 0 Å². The van der Waals surface area contributed by atoms with Crippen molar-refractivity contribution in [3.05, 3.63) is 62.1 Å². The first kappa shape index (κ1) is 19.4. The van der Waals surface area contributed by atoms with Crippen LogP contribution in [0.3, 0.4) is 0 Å². The Kier molecular flexibility index (Phi) is 4.61. The van der Waals surface area contributed by atoms with Gasteiger partial charge in [-0.25, -0.2) is 4.79 Å². The molecule has 11 heteroatoms. The summed E-state index contributed by atoms with van der Waals surface area (Å²) in [6.45, 7) is 0. The molecule has 1 unspecified atom stereocenters. The quantitative estimate of drug-likeness (QED) is 0.527. The number of carboxylic acids is 1. The maximum absolute atomic E-state index is 13.7. The molecule has 1 aliphatic carbocycles. The highest BCUT2D eigenvalue weighted by atomic mass is 19.4. The Labute approximate surface area is 155 Å². The summed E-state index contributed by atoms with van der Waals surface area (Å²) in [5.41, 5.74) is 2.57. The number of nitrogens with two attached hydrogens (primary N) is 1. The minimum absolute atomic E-state index is 0.0537. The molecule has 1 aromatic rings. The molecule has 0 saturated carbocycles. The van der Waals surface area contributed by atoms with Crippen molar-refractivity contribution >= 4 is 17.4 Å². The van der Waals surface area contributed by atoms with Crippen LogP contribution < -0.4 is 11.1 Å². The molecule has 1 aliphatic heterocycles. The summed E-state index contributed by atoms with van der Waals surface area (Å²) in [4.78, 5) is 34.2. The molecule has 2 aliphatic rings. The molecule has 0 spiro atoms. The van der Waals surface area contributed by atoms with Gasteiger partial charge in [0.2, 0.25) is 0 Å². The summed E-state index contributed by atoms with van der Waals surface area (Å²) in [5, 5.41) is 23.1. The number of nitro benzene ring substituents is 1. The highest BCUT2D eigenvalue weighted by Gasteiger charge is 2.44. The van der Waals surface area contributed by atoms with Crippen LogP contribution in [0, 0.1) is 10.1 Å². The average Bonchev–Trinajstić information content (AvgIpc) is 2.59. The zero-order valence-corrected chi connectivity index (χ0v) is 14.2. The minimum atomic E-state index is -5.01. The normalized spacial score (nSPS) is 20.0. The van der Waals surface area contributed by atoms with Gasteiger partial charge in [-0.2, -0.15) is 13.2 Å². The van der Waals surface area contributed by atoms with Crippen molar-refractivity contribution in [1.29, 1.82) is 0 Å². The maximum Gasteiger partial charge on any atom is 0.416 e. The van der Waals surface area contributed by atoms with Gasteiger partial charge in [-0.3, -0.25) is 14.9 Å². The van der Waals surface area contributed by atoms with Gasteiger partial charge in [0, 0.05) is 29.8 Å². The number of nitro groups is 1. The Morgan fingerprint density at radius 1 is 1.32 bits per heavy atom. The van der Waals surface area contributed by atoms with Crippen molar-refractivity contribution in [3.8, 4) is 0 Å². The van der Waals surface area contributed by atoms with Gasteiger partial charge in [0.1, 0.15) is 5.82 Å². The maximum atomic E-state index is 13.7. The van der Waals surface area contributed by atoms with Crippen LogP contribution in [0.1, 0.15) is 36.3 Å². The van der Waals surface area contributed by atoms with E-state index in [0.717, 1.165) is 12.1 Å². The number of carbonyl (C=O) groups excluding carboxylic acids is 1. The lowest BCUT2D eigenvalue weighted by Crippen LogP contribution is -2.38.